The number of halogens is 1. The SMILES string of the molecule is CN(C(=O)C(Cl)c1ccccc1)C1CC1. The van der Waals surface area contributed by atoms with Gasteiger partial charge < -0.3 is 4.90 Å². The molecular formula is C12H14ClNO. The van der Waals surface area contributed by atoms with Crippen molar-refractivity contribution in [3.8, 4) is 0 Å². The molecule has 1 unspecified atom stereocenters. The molecular weight excluding hydrogens is 210 g/mol. The average molecular weight is 224 g/mol. The number of rotatable bonds is 3. The Kier molecular flexibility index (Phi) is 2.96. The van der Waals surface area contributed by atoms with E-state index in [-0.39, 0.29) is 5.91 Å². The average Bonchev–Trinajstić information content (AvgIpc) is 3.11. The Hall–Kier alpha value is -1.02. The van der Waals surface area contributed by atoms with Crippen LogP contribution in [0, 0.1) is 0 Å². The van der Waals surface area contributed by atoms with Crippen LogP contribution in [0.1, 0.15) is 23.8 Å². The lowest BCUT2D eigenvalue weighted by Crippen LogP contribution is -2.31. The summed E-state index contributed by atoms with van der Waals surface area (Å²) in [5, 5.41) is -0.545. The highest BCUT2D eigenvalue weighted by molar-refractivity contribution is 6.30. The van der Waals surface area contributed by atoms with Crippen molar-refractivity contribution in [2.75, 3.05) is 7.05 Å². The van der Waals surface area contributed by atoms with Gasteiger partial charge in [-0.1, -0.05) is 30.3 Å². The quantitative estimate of drug-likeness (QED) is 0.722. The zero-order chi connectivity index (χ0) is 10.8. The van der Waals surface area contributed by atoms with Gasteiger partial charge in [0.1, 0.15) is 5.38 Å². The molecule has 1 amide bonds. The number of amides is 1. The second-order valence-corrected chi connectivity index (χ2v) is 4.39. The fourth-order valence-electron chi connectivity index (χ4n) is 1.59. The van der Waals surface area contributed by atoms with Crippen molar-refractivity contribution >= 4 is 17.5 Å². The molecule has 1 atom stereocenters. The maximum absolute atomic E-state index is 11.9. The first-order valence-electron chi connectivity index (χ1n) is 5.16. The monoisotopic (exact) mass is 223 g/mol. The van der Waals surface area contributed by atoms with Gasteiger partial charge in [-0.25, -0.2) is 0 Å². The van der Waals surface area contributed by atoms with Crippen molar-refractivity contribution in [1.29, 1.82) is 0 Å². The van der Waals surface area contributed by atoms with Crippen molar-refractivity contribution in [3.05, 3.63) is 35.9 Å². The van der Waals surface area contributed by atoms with Crippen LogP contribution in [0.3, 0.4) is 0 Å². The van der Waals surface area contributed by atoms with E-state index < -0.39 is 5.38 Å². The molecule has 80 valence electrons. The minimum atomic E-state index is -0.545. The van der Waals surface area contributed by atoms with Gasteiger partial charge in [-0.3, -0.25) is 4.79 Å². The van der Waals surface area contributed by atoms with E-state index in [1.807, 2.05) is 37.4 Å². The molecule has 0 heterocycles. The maximum atomic E-state index is 11.9. The molecule has 3 heteroatoms. The molecule has 0 aromatic heterocycles. The van der Waals surface area contributed by atoms with Gasteiger partial charge in [0.25, 0.3) is 0 Å². The van der Waals surface area contributed by atoms with E-state index in [9.17, 15) is 4.79 Å². The molecule has 0 saturated heterocycles. The maximum Gasteiger partial charge on any atom is 0.245 e. The predicted octanol–water partition coefficient (Wildman–Crippen LogP) is 2.59. The van der Waals surface area contributed by atoms with Crippen molar-refractivity contribution in [3.63, 3.8) is 0 Å². The third kappa shape index (κ3) is 2.32. The molecule has 0 spiro atoms. The van der Waals surface area contributed by atoms with Crippen LogP contribution in [0.15, 0.2) is 30.3 Å². The summed E-state index contributed by atoms with van der Waals surface area (Å²) < 4.78 is 0. The number of benzene rings is 1. The highest BCUT2D eigenvalue weighted by atomic mass is 35.5. The molecule has 15 heavy (non-hydrogen) atoms. The highest BCUT2D eigenvalue weighted by Crippen LogP contribution is 2.30. The third-order valence-corrected chi connectivity index (χ3v) is 3.19. The van der Waals surface area contributed by atoms with Crippen LogP contribution < -0.4 is 0 Å². The number of nitrogens with zero attached hydrogens (tertiary/aromatic N) is 1. The van der Waals surface area contributed by atoms with Crippen LogP contribution in [0.4, 0.5) is 0 Å². The van der Waals surface area contributed by atoms with E-state index in [1.54, 1.807) is 4.90 Å². The van der Waals surface area contributed by atoms with Crippen LogP contribution in [0.5, 0.6) is 0 Å². The van der Waals surface area contributed by atoms with Gasteiger partial charge in [0.15, 0.2) is 0 Å². The van der Waals surface area contributed by atoms with E-state index in [2.05, 4.69) is 0 Å². The molecule has 1 fully saturated rings. The Labute approximate surface area is 94.8 Å². The van der Waals surface area contributed by atoms with Gasteiger partial charge in [-0.2, -0.15) is 0 Å². The van der Waals surface area contributed by atoms with Gasteiger partial charge in [-0.05, 0) is 18.4 Å². The lowest BCUT2D eigenvalue weighted by atomic mass is 10.1. The zero-order valence-electron chi connectivity index (χ0n) is 8.69. The topological polar surface area (TPSA) is 20.3 Å². The Balaban J connectivity index is 2.07. The molecule has 1 aromatic carbocycles. The van der Waals surface area contributed by atoms with Gasteiger partial charge >= 0.3 is 0 Å². The smallest absolute Gasteiger partial charge is 0.245 e. The van der Waals surface area contributed by atoms with E-state index in [1.165, 1.54) is 0 Å². The first kappa shape index (κ1) is 10.5. The molecule has 1 aliphatic carbocycles. The standard InChI is InChI=1S/C12H14ClNO/c1-14(10-7-8-10)12(15)11(13)9-5-3-2-4-6-9/h2-6,10-11H,7-8H2,1H3. The van der Waals surface area contributed by atoms with Crippen LogP contribution in [0.2, 0.25) is 0 Å². The fourth-order valence-corrected chi connectivity index (χ4v) is 1.88. The molecule has 2 nitrogen and oxygen atoms in total. The van der Waals surface area contributed by atoms with Crippen LogP contribution >= 0.6 is 11.6 Å². The van der Waals surface area contributed by atoms with Crippen molar-refractivity contribution < 1.29 is 4.79 Å². The van der Waals surface area contributed by atoms with E-state index in [0.717, 1.165) is 18.4 Å². The number of hydrogen-bond donors (Lipinski definition) is 0. The minimum absolute atomic E-state index is 0.00497. The lowest BCUT2D eigenvalue weighted by Gasteiger charge is -2.19. The zero-order valence-corrected chi connectivity index (χ0v) is 9.45. The third-order valence-electron chi connectivity index (χ3n) is 2.75. The molecule has 0 bridgehead atoms. The summed E-state index contributed by atoms with van der Waals surface area (Å²) in [5.74, 6) is 0.00497. The molecule has 2 rings (SSSR count). The Morgan fingerprint density at radius 3 is 2.53 bits per heavy atom. The molecule has 0 radical (unpaired) electrons. The minimum Gasteiger partial charge on any atom is -0.341 e. The summed E-state index contributed by atoms with van der Waals surface area (Å²) in [6.45, 7) is 0. The van der Waals surface area contributed by atoms with E-state index >= 15 is 0 Å². The second kappa shape index (κ2) is 4.23. The summed E-state index contributed by atoms with van der Waals surface area (Å²) in [4.78, 5) is 13.7. The Morgan fingerprint density at radius 2 is 2.00 bits per heavy atom. The number of carbonyl (C=O) groups excluding carboxylic acids is 1. The summed E-state index contributed by atoms with van der Waals surface area (Å²) in [5.41, 5.74) is 0.872. The molecule has 0 N–H and O–H groups in total. The highest BCUT2D eigenvalue weighted by Gasteiger charge is 2.32. The van der Waals surface area contributed by atoms with Crippen LogP contribution in [-0.4, -0.2) is 23.9 Å². The Bertz CT molecular complexity index is 348. The predicted molar refractivity (Wildman–Crippen MR) is 60.8 cm³/mol. The summed E-state index contributed by atoms with van der Waals surface area (Å²) in [7, 11) is 1.83. The first-order chi connectivity index (χ1) is 7.20. The number of alkyl halides is 1. The normalized spacial score (nSPS) is 17.2. The van der Waals surface area contributed by atoms with Crippen LogP contribution in [-0.2, 0) is 4.79 Å². The van der Waals surface area contributed by atoms with Gasteiger partial charge in [0.05, 0.1) is 0 Å². The second-order valence-electron chi connectivity index (χ2n) is 3.95. The number of likely N-dealkylation sites (N-methyl/N-ethyl adjacent to an activating group) is 1. The molecule has 0 aliphatic heterocycles. The first-order valence-corrected chi connectivity index (χ1v) is 5.59. The number of hydrogen-bond acceptors (Lipinski definition) is 1. The molecule has 1 aliphatic rings. The molecule has 1 aromatic rings. The van der Waals surface area contributed by atoms with Crippen molar-refractivity contribution in [1.82, 2.24) is 4.90 Å². The fraction of sp³-hybridized carbons (Fsp3) is 0.417. The van der Waals surface area contributed by atoms with Gasteiger partial charge in [-0.15, -0.1) is 11.6 Å². The van der Waals surface area contributed by atoms with E-state index in [4.69, 9.17) is 11.6 Å². The lowest BCUT2D eigenvalue weighted by molar-refractivity contribution is -0.130. The van der Waals surface area contributed by atoms with Crippen molar-refractivity contribution in [2.45, 2.75) is 24.3 Å². The summed E-state index contributed by atoms with van der Waals surface area (Å²) in [6.07, 6.45) is 2.22. The molecule has 1 saturated carbocycles. The summed E-state index contributed by atoms with van der Waals surface area (Å²) >= 11 is 6.13. The number of carbonyl (C=O) groups is 1. The largest absolute Gasteiger partial charge is 0.341 e. The summed E-state index contributed by atoms with van der Waals surface area (Å²) in [6, 6.07) is 9.90. The van der Waals surface area contributed by atoms with Gasteiger partial charge in [0.2, 0.25) is 5.91 Å². The van der Waals surface area contributed by atoms with E-state index in [0.29, 0.717) is 6.04 Å². The van der Waals surface area contributed by atoms with Gasteiger partial charge in [0, 0.05) is 13.1 Å². The van der Waals surface area contributed by atoms with Crippen molar-refractivity contribution in [2.24, 2.45) is 0 Å². The van der Waals surface area contributed by atoms with Crippen LogP contribution in [0.25, 0.3) is 0 Å². The Morgan fingerprint density at radius 1 is 1.40 bits per heavy atom.